The van der Waals surface area contributed by atoms with E-state index in [4.69, 9.17) is 21.1 Å². The molecule has 0 fully saturated rings. The number of carbonyl (C=O) groups excluding carboxylic acids is 1. The molecule has 5 heteroatoms. The van der Waals surface area contributed by atoms with Crippen molar-refractivity contribution >= 4 is 17.6 Å². The molecule has 3 nitrogen and oxygen atoms in total. The molecule has 0 aliphatic carbocycles. The van der Waals surface area contributed by atoms with Crippen LogP contribution in [0.4, 0.5) is 4.39 Å². The summed E-state index contributed by atoms with van der Waals surface area (Å²) in [5.74, 6) is -0.0863. The lowest BCUT2D eigenvalue weighted by atomic mass is 10.1. The van der Waals surface area contributed by atoms with E-state index in [1.54, 1.807) is 37.3 Å². The number of alkyl halides is 1. The number of ether oxygens (including phenoxy) is 2. The third-order valence-corrected chi connectivity index (χ3v) is 3.57. The summed E-state index contributed by atoms with van der Waals surface area (Å²) < 4.78 is 23.9. The Labute approximate surface area is 140 Å². The van der Waals surface area contributed by atoms with Gasteiger partial charge in [0.2, 0.25) is 0 Å². The van der Waals surface area contributed by atoms with E-state index in [9.17, 15) is 9.18 Å². The van der Waals surface area contributed by atoms with Gasteiger partial charge in [-0.05, 0) is 37.1 Å². The van der Waals surface area contributed by atoms with Crippen molar-refractivity contribution in [3.8, 4) is 5.75 Å². The van der Waals surface area contributed by atoms with E-state index in [0.717, 1.165) is 5.56 Å². The molecule has 0 aliphatic rings. The summed E-state index contributed by atoms with van der Waals surface area (Å²) in [5, 5.41) is -0.708. The zero-order chi connectivity index (χ0) is 16.7. The largest absolute Gasteiger partial charge is 0.489 e. The maximum Gasteiger partial charge on any atom is 0.324 e. The van der Waals surface area contributed by atoms with Gasteiger partial charge in [0.15, 0.2) is 0 Å². The van der Waals surface area contributed by atoms with Gasteiger partial charge in [-0.25, -0.2) is 4.39 Å². The van der Waals surface area contributed by atoms with Crippen LogP contribution < -0.4 is 4.74 Å². The smallest absolute Gasteiger partial charge is 0.324 e. The highest BCUT2D eigenvalue weighted by molar-refractivity contribution is 6.30. The van der Waals surface area contributed by atoms with Crippen LogP contribution in [-0.4, -0.2) is 18.0 Å². The van der Waals surface area contributed by atoms with Gasteiger partial charge in [-0.1, -0.05) is 30.3 Å². The van der Waals surface area contributed by atoms with Crippen LogP contribution in [0, 0.1) is 5.82 Å². The molecular formula is C18H18ClFO3. The van der Waals surface area contributed by atoms with E-state index < -0.39 is 11.3 Å². The molecule has 0 saturated heterocycles. The Morgan fingerprint density at radius 1 is 1.17 bits per heavy atom. The first-order valence-electron chi connectivity index (χ1n) is 7.36. The lowest BCUT2D eigenvalue weighted by Gasteiger charge is -2.10. The second-order valence-corrected chi connectivity index (χ2v) is 5.47. The van der Waals surface area contributed by atoms with Crippen LogP contribution in [0.1, 0.15) is 18.1 Å². The van der Waals surface area contributed by atoms with Crippen LogP contribution >= 0.6 is 11.6 Å². The number of esters is 1. The first-order chi connectivity index (χ1) is 11.1. The minimum Gasteiger partial charge on any atom is -0.489 e. The maximum atomic E-state index is 13.5. The Bertz CT molecular complexity index is 643. The summed E-state index contributed by atoms with van der Waals surface area (Å²) >= 11 is 6.00. The monoisotopic (exact) mass is 336 g/mol. The average Bonchev–Trinajstić information content (AvgIpc) is 2.55. The quantitative estimate of drug-likeness (QED) is 0.563. The standard InChI is InChI=1S/C18H18ClFO3/c1-2-22-18(21)16(19)11-13-7-9-15(10-8-13)23-12-14-5-3-4-6-17(14)20/h3-10,16H,2,11-12H2,1H3. The number of rotatable bonds is 7. The van der Waals surface area contributed by atoms with Crippen LogP contribution in [0.3, 0.4) is 0 Å². The Morgan fingerprint density at radius 2 is 1.87 bits per heavy atom. The van der Waals surface area contributed by atoms with Crippen molar-refractivity contribution in [1.82, 2.24) is 0 Å². The predicted molar refractivity (Wildman–Crippen MR) is 87.2 cm³/mol. The van der Waals surface area contributed by atoms with Crippen LogP contribution in [0.2, 0.25) is 0 Å². The van der Waals surface area contributed by atoms with Crippen LogP contribution in [-0.2, 0) is 22.6 Å². The van der Waals surface area contributed by atoms with Gasteiger partial charge in [-0.15, -0.1) is 11.6 Å². The molecule has 1 unspecified atom stereocenters. The zero-order valence-electron chi connectivity index (χ0n) is 12.8. The molecule has 2 rings (SSSR count). The molecule has 0 radical (unpaired) electrons. The molecule has 2 aromatic carbocycles. The van der Waals surface area contributed by atoms with Gasteiger partial charge in [-0.2, -0.15) is 0 Å². The normalized spacial score (nSPS) is 11.8. The molecule has 0 spiro atoms. The molecule has 0 saturated carbocycles. The van der Waals surface area contributed by atoms with E-state index in [1.807, 2.05) is 12.1 Å². The zero-order valence-corrected chi connectivity index (χ0v) is 13.6. The average molecular weight is 337 g/mol. The first kappa shape index (κ1) is 17.3. The van der Waals surface area contributed by atoms with Crippen LogP contribution in [0.15, 0.2) is 48.5 Å². The molecule has 0 aliphatic heterocycles. The molecule has 0 heterocycles. The highest BCUT2D eigenvalue weighted by atomic mass is 35.5. The summed E-state index contributed by atoms with van der Waals surface area (Å²) in [6, 6.07) is 13.7. The van der Waals surface area contributed by atoms with E-state index in [1.165, 1.54) is 6.07 Å². The first-order valence-corrected chi connectivity index (χ1v) is 7.79. The van der Waals surface area contributed by atoms with Gasteiger partial charge in [0.25, 0.3) is 0 Å². The predicted octanol–water partition coefficient (Wildman–Crippen LogP) is 4.12. The number of hydrogen-bond acceptors (Lipinski definition) is 3. The van der Waals surface area contributed by atoms with Crippen LogP contribution in [0.5, 0.6) is 5.75 Å². The van der Waals surface area contributed by atoms with Crippen molar-refractivity contribution in [3.63, 3.8) is 0 Å². The summed E-state index contributed by atoms with van der Waals surface area (Å²) in [4.78, 5) is 11.5. The highest BCUT2D eigenvalue weighted by Crippen LogP contribution is 2.17. The van der Waals surface area contributed by atoms with Crippen molar-refractivity contribution in [2.24, 2.45) is 0 Å². The maximum absolute atomic E-state index is 13.5. The lowest BCUT2D eigenvalue weighted by molar-refractivity contribution is -0.142. The van der Waals surface area contributed by atoms with Crippen molar-refractivity contribution < 1.29 is 18.7 Å². The molecular weight excluding hydrogens is 319 g/mol. The van der Waals surface area contributed by atoms with E-state index in [-0.39, 0.29) is 12.4 Å². The van der Waals surface area contributed by atoms with E-state index in [2.05, 4.69) is 0 Å². The third kappa shape index (κ3) is 5.25. The molecule has 2 aromatic rings. The molecule has 0 bridgehead atoms. The lowest BCUT2D eigenvalue weighted by Crippen LogP contribution is -2.20. The fourth-order valence-corrected chi connectivity index (χ4v) is 2.26. The highest BCUT2D eigenvalue weighted by Gasteiger charge is 2.16. The van der Waals surface area contributed by atoms with Crippen molar-refractivity contribution in [2.75, 3.05) is 6.61 Å². The molecule has 122 valence electrons. The molecule has 0 N–H and O–H groups in total. The molecule has 23 heavy (non-hydrogen) atoms. The summed E-state index contributed by atoms with van der Waals surface area (Å²) in [6.45, 7) is 2.21. The second kappa shape index (κ2) is 8.53. The second-order valence-electron chi connectivity index (χ2n) is 4.95. The number of carbonyl (C=O) groups is 1. The van der Waals surface area contributed by atoms with E-state index >= 15 is 0 Å². The van der Waals surface area contributed by atoms with Gasteiger partial charge < -0.3 is 9.47 Å². The Hall–Kier alpha value is -2.07. The van der Waals surface area contributed by atoms with Gasteiger partial charge in [-0.3, -0.25) is 4.79 Å². The van der Waals surface area contributed by atoms with Gasteiger partial charge in [0.05, 0.1) is 6.61 Å². The Morgan fingerprint density at radius 3 is 2.52 bits per heavy atom. The Balaban J connectivity index is 1.89. The fourth-order valence-electron chi connectivity index (χ4n) is 2.02. The van der Waals surface area contributed by atoms with Gasteiger partial charge in [0.1, 0.15) is 23.6 Å². The van der Waals surface area contributed by atoms with E-state index in [0.29, 0.717) is 24.3 Å². The summed E-state index contributed by atoms with van der Waals surface area (Å²) in [5.41, 5.74) is 1.40. The van der Waals surface area contributed by atoms with Gasteiger partial charge in [0, 0.05) is 5.56 Å². The van der Waals surface area contributed by atoms with Crippen molar-refractivity contribution in [3.05, 3.63) is 65.5 Å². The summed E-state index contributed by atoms with van der Waals surface area (Å²) in [7, 11) is 0. The number of hydrogen-bond donors (Lipinski definition) is 0. The van der Waals surface area contributed by atoms with Crippen molar-refractivity contribution in [1.29, 1.82) is 0 Å². The fraction of sp³-hybridized carbons (Fsp3) is 0.278. The number of halogens is 2. The minimum atomic E-state index is -0.708. The third-order valence-electron chi connectivity index (χ3n) is 3.23. The number of benzene rings is 2. The molecule has 0 amide bonds. The minimum absolute atomic E-state index is 0.160. The Kier molecular flexibility index (Phi) is 6.41. The summed E-state index contributed by atoms with van der Waals surface area (Å²) in [6.07, 6.45) is 0.383. The molecule has 1 atom stereocenters. The SMILES string of the molecule is CCOC(=O)C(Cl)Cc1ccc(OCc2ccccc2F)cc1. The van der Waals surface area contributed by atoms with Gasteiger partial charge >= 0.3 is 5.97 Å². The van der Waals surface area contributed by atoms with Crippen LogP contribution in [0.25, 0.3) is 0 Å². The topological polar surface area (TPSA) is 35.5 Å². The molecule has 0 aromatic heterocycles. The van der Waals surface area contributed by atoms with Crippen molar-refractivity contribution in [2.45, 2.75) is 25.3 Å².